The quantitative estimate of drug-likeness (QED) is 0.315. The van der Waals surface area contributed by atoms with Crippen LogP contribution in [0.25, 0.3) is 27.7 Å². The Morgan fingerprint density at radius 2 is 1.82 bits per heavy atom. The molecule has 1 aliphatic rings. The normalized spacial score (nSPS) is 13.4. The number of pyridine rings is 2. The van der Waals surface area contributed by atoms with Gasteiger partial charge in [0.1, 0.15) is 18.0 Å². The first kappa shape index (κ1) is 28.9. The molecule has 4 aromatic heterocycles. The number of aliphatic hydroxyl groups excluding tert-OH is 1. The lowest BCUT2D eigenvalue weighted by Gasteiger charge is -2.22. The van der Waals surface area contributed by atoms with E-state index in [0.29, 0.717) is 28.9 Å². The zero-order chi connectivity index (χ0) is 31.5. The number of hydrogen-bond acceptors (Lipinski definition) is 8. The fraction of sp³-hybridized carbons (Fsp3) is 0.290. The number of anilines is 2. The Labute approximate surface area is 251 Å². The molecule has 5 heterocycles. The fourth-order valence-electron chi connectivity index (χ4n) is 5.36. The van der Waals surface area contributed by atoms with Crippen molar-refractivity contribution in [1.29, 1.82) is 0 Å². The number of hydrogen-bond donors (Lipinski definition) is 2. The highest BCUT2D eigenvalue weighted by atomic mass is 19.1. The predicted molar refractivity (Wildman–Crippen MR) is 162 cm³/mol. The minimum Gasteiger partial charge on any atom is -0.392 e. The first-order valence-corrected chi connectivity index (χ1v) is 14.0. The number of aryl methyl sites for hydroxylation is 1. The van der Waals surface area contributed by atoms with Gasteiger partial charge in [-0.25, -0.2) is 9.37 Å². The van der Waals surface area contributed by atoms with Gasteiger partial charge in [-0.2, -0.15) is 14.9 Å². The van der Waals surface area contributed by atoms with Crippen molar-refractivity contribution >= 4 is 28.2 Å². The number of nitrogens with one attached hydrogen (secondary N) is 1. The van der Waals surface area contributed by atoms with Gasteiger partial charge >= 0.3 is 0 Å². The van der Waals surface area contributed by atoms with Gasteiger partial charge in [0.05, 0.1) is 30.4 Å². The Balaban J connectivity index is 1.43. The summed E-state index contributed by atoms with van der Waals surface area (Å²) in [5.74, 6) is -0.289. The average Bonchev–Trinajstić information content (AvgIpc) is 3.35. The van der Waals surface area contributed by atoms with Crippen LogP contribution in [-0.2, 0) is 37.0 Å². The van der Waals surface area contributed by atoms with Gasteiger partial charge in [-0.3, -0.25) is 19.1 Å². The van der Waals surface area contributed by atoms with Crippen LogP contribution in [-0.4, -0.2) is 52.1 Å². The summed E-state index contributed by atoms with van der Waals surface area (Å²) in [5.41, 5.74) is 1.68. The van der Waals surface area contributed by atoms with Crippen molar-refractivity contribution in [3.8, 4) is 16.9 Å². The minimum atomic E-state index is -0.712. The number of benzene rings is 1. The molecule has 0 atom stereocenters. The zero-order valence-electron chi connectivity index (χ0n) is 24.9. The molecule has 6 rings (SSSR count). The summed E-state index contributed by atoms with van der Waals surface area (Å²) in [4.78, 5) is 44.7. The fourth-order valence-corrected chi connectivity index (χ4v) is 5.36. The SMILES string of the molecule is CN1Cc2cc(Nc3cc(-c4ccnc(-n5ncc6cc(C(C)(C)C)cc(F)c6c5=O)c4CO)cn(C)c3=O)nn2CC1=O. The molecule has 0 saturated carbocycles. The van der Waals surface area contributed by atoms with Crippen molar-refractivity contribution in [1.82, 2.24) is 34.0 Å². The van der Waals surface area contributed by atoms with Crippen molar-refractivity contribution < 1.29 is 14.3 Å². The van der Waals surface area contributed by atoms with E-state index in [9.17, 15) is 19.5 Å². The molecule has 0 saturated heterocycles. The maximum absolute atomic E-state index is 15.3. The molecule has 0 radical (unpaired) electrons. The van der Waals surface area contributed by atoms with E-state index in [1.807, 2.05) is 20.8 Å². The average molecular weight is 599 g/mol. The highest BCUT2D eigenvalue weighted by molar-refractivity contribution is 5.83. The lowest BCUT2D eigenvalue weighted by atomic mass is 9.86. The second-order valence-electron chi connectivity index (χ2n) is 12.0. The van der Waals surface area contributed by atoms with Gasteiger partial charge in [0.25, 0.3) is 11.1 Å². The van der Waals surface area contributed by atoms with E-state index in [0.717, 1.165) is 15.9 Å². The van der Waals surface area contributed by atoms with Gasteiger partial charge in [-0.1, -0.05) is 20.8 Å². The second kappa shape index (κ2) is 10.5. The van der Waals surface area contributed by atoms with E-state index < -0.39 is 18.0 Å². The molecular formula is C31H31FN8O4. The van der Waals surface area contributed by atoms with Crippen LogP contribution in [0.4, 0.5) is 15.9 Å². The molecule has 2 N–H and O–H groups in total. The molecule has 12 nitrogen and oxygen atoms in total. The number of aliphatic hydroxyl groups is 1. The summed E-state index contributed by atoms with van der Waals surface area (Å²) in [6, 6.07) is 8.15. The van der Waals surface area contributed by atoms with E-state index in [1.165, 1.54) is 23.0 Å². The molecule has 44 heavy (non-hydrogen) atoms. The Morgan fingerprint density at radius 1 is 1.05 bits per heavy atom. The molecule has 1 aliphatic heterocycles. The molecule has 5 aromatic rings. The monoisotopic (exact) mass is 598 g/mol. The third kappa shape index (κ3) is 4.94. The molecular weight excluding hydrogens is 567 g/mol. The third-order valence-electron chi connectivity index (χ3n) is 7.83. The number of rotatable bonds is 5. The van der Waals surface area contributed by atoms with Gasteiger partial charge in [0, 0.05) is 49.1 Å². The third-order valence-corrected chi connectivity index (χ3v) is 7.83. The first-order chi connectivity index (χ1) is 20.8. The van der Waals surface area contributed by atoms with Gasteiger partial charge in [0.2, 0.25) is 5.91 Å². The van der Waals surface area contributed by atoms with E-state index in [4.69, 9.17) is 0 Å². The maximum atomic E-state index is 15.3. The van der Waals surface area contributed by atoms with E-state index in [-0.39, 0.29) is 45.9 Å². The summed E-state index contributed by atoms with van der Waals surface area (Å²) < 4.78 is 19.3. The number of fused-ring (bicyclic) bond motifs is 2. The molecule has 0 bridgehead atoms. The molecule has 0 aliphatic carbocycles. The van der Waals surface area contributed by atoms with Crippen molar-refractivity contribution in [2.75, 3.05) is 12.4 Å². The second-order valence-corrected chi connectivity index (χ2v) is 12.0. The van der Waals surface area contributed by atoms with Gasteiger partial charge in [-0.15, -0.1) is 0 Å². The topological polar surface area (TPSA) is 140 Å². The Morgan fingerprint density at radius 3 is 2.55 bits per heavy atom. The number of amides is 1. The zero-order valence-corrected chi connectivity index (χ0v) is 24.9. The lowest BCUT2D eigenvalue weighted by Crippen LogP contribution is -2.36. The number of carbonyl (C=O) groups excluding carboxylic acids is 1. The Kier molecular flexibility index (Phi) is 6.92. The molecule has 0 unspecified atom stereocenters. The predicted octanol–water partition coefficient (Wildman–Crippen LogP) is 2.99. The van der Waals surface area contributed by atoms with Crippen LogP contribution in [0.1, 0.15) is 37.6 Å². The van der Waals surface area contributed by atoms with Gasteiger partial charge < -0.3 is 19.9 Å². The van der Waals surface area contributed by atoms with Crippen LogP contribution in [0.3, 0.4) is 0 Å². The summed E-state index contributed by atoms with van der Waals surface area (Å²) >= 11 is 0. The summed E-state index contributed by atoms with van der Waals surface area (Å²) in [6.45, 7) is 5.85. The molecule has 1 amide bonds. The highest BCUT2D eigenvalue weighted by Gasteiger charge is 2.23. The van der Waals surface area contributed by atoms with Crippen molar-refractivity contribution in [2.24, 2.45) is 7.05 Å². The smallest absolute Gasteiger partial charge is 0.283 e. The molecule has 1 aromatic carbocycles. The maximum Gasteiger partial charge on any atom is 0.283 e. The summed E-state index contributed by atoms with van der Waals surface area (Å²) in [5, 5.41) is 22.5. The van der Waals surface area contributed by atoms with Gasteiger partial charge in [-0.05, 0) is 40.8 Å². The summed E-state index contributed by atoms with van der Waals surface area (Å²) in [6.07, 6.45) is 4.47. The van der Waals surface area contributed by atoms with Crippen molar-refractivity contribution in [3.63, 3.8) is 0 Å². The van der Waals surface area contributed by atoms with Crippen LogP contribution >= 0.6 is 0 Å². The number of nitrogens with zero attached hydrogens (tertiary/aromatic N) is 7. The van der Waals surface area contributed by atoms with E-state index >= 15 is 4.39 Å². The minimum absolute atomic E-state index is 0.0372. The Bertz CT molecular complexity index is 2090. The molecule has 226 valence electrons. The standard InChI is InChI=1S/C31H31FN8O4/c1-31(2,3)19-8-17-12-34-40(30(44)27(17)23(32)10-19)28-22(16-41)21(6-7-33-28)18-9-24(29(43)38(5)13-18)35-25-11-20-14-37(4)26(42)15-39(20)36-25/h6-13,41H,14-16H2,1-5H3,(H,35,36). The molecule has 13 heteroatoms. The van der Waals surface area contributed by atoms with Crippen LogP contribution < -0.4 is 16.4 Å². The van der Waals surface area contributed by atoms with E-state index in [2.05, 4.69) is 20.5 Å². The van der Waals surface area contributed by atoms with E-state index in [1.54, 1.807) is 54.1 Å². The summed E-state index contributed by atoms with van der Waals surface area (Å²) in [7, 11) is 3.31. The van der Waals surface area contributed by atoms with Crippen LogP contribution in [0.2, 0.25) is 0 Å². The molecule has 0 fully saturated rings. The van der Waals surface area contributed by atoms with Gasteiger partial charge in [0.15, 0.2) is 11.6 Å². The van der Waals surface area contributed by atoms with Crippen molar-refractivity contribution in [2.45, 2.75) is 45.9 Å². The highest BCUT2D eigenvalue weighted by Crippen LogP contribution is 2.30. The number of halogens is 1. The largest absolute Gasteiger partial charge is 0.392 e. The van der Waals surface area contributed by atoms with Crippen LogP contribution in [0.15, 0.2) is 58.5 Å². The number of aromatic nitrogens is 6. The first-order valence-electron chi connectivity index (χ1n) is 14.0. The number of likely N-dealkylation sites (N-methyl/N-ethyl adjacent to an activating group) is 1. The number of carbonyl (C=O) groups is 1. The molecule has 0 spiro atoms. The van der Waals surface area contributed by atoms with Crippen LogP contribution in [0.5, 0.6) is 0 Å². The lowest BCUT2D eigenvalue weighted by molar-refractivity contribution is -0.132. The van der Waals surface area contributed by atoms with Crippen molar-refractivity contribution in [3.05, 3.63) is 92.3 Å². The Hall–Kier alpha value is -5.17. The van der Waals surface area contributed by atoms with Crippen LogP contribution in [0, 0.1) is 5.82 Å².